The quantitative estimate of drug-likeness (QED) is 0.751. The maximum atomic E-state index is 13.0. The zero-order chi connectivity index (χ0) is 19.8. The van der Waals surface area contributed by atoms with E-state index in [4.69, 9.17) is 0 Å². The molecule has 0 amide bonds. The standard InChI is InChI=1S/C16H17F6N5/c1-25-2-4-26(5-3-25)14-9-23-24-27(14)10-11-6-12(15(17,18)19)8-13(7-11)16(20,21)22/h6-9H,2-5,10H2,1H3. The van der Waals surface area contributed by atoms with Crippen molar-refractivity contribution in [3.05, 3.63) is 41.1 Å². The molecule has 2 heterocycles. The van der Waals surface area contributed by atoms with E-state index in [0.29, 0.717) is 31.0 Å². The van der Waals surface area contributed by atoms with Crippen molar-refractivity contribution in [3.8, 4) is 0 Å². The fourth-order valence-corrected chi connectivity index (χ4v) is 2.93. The Morgan fingerprint density at radius 3 is 1.96 bits per heavy atom. The third-order valence-electron chi connectivity index (χ3n) is 4.40. The van der Waals surface area contributed by atoms with Gasteiger partial charge in [-0.25, -0.2) is 4.68 Å². The van der Waals surface area contributed by atoms with Crippen molar-refractivity contribution in [1.29, 1.82) is 0 Å². The molecule has 5 nitrogen and oxygen atoms in total. The van der Waals surface area contributed by atoms with Gasteiger partial charge < -0.3 is 9.80 Å². The molecule has 3 rings (SSSR count). The Kier molecular flexibility index (Phi) is 5.06. The van der Waals surface area contributed by atoms with Gasteiger partial charge in [-0.2, -0.15) is 26.3 Å². The van der Waals surface area contributed by atoms with Crippen molar-refractivity contribution in [3.63, 3.8) is 0 Å². The Labute approximate surface area is 151 Å². The Morgan fingerprint density at radius 1 is 0.889 bits per heavy atom. The molecule has 1 aliphatic rings. The molecule has 1 saturated heterocycles. The van der Waals surface area contributed by atoms with Gasteiger partial charge in [-0.3, -0.25) is 0 Å². The van der Waals surface area contributed by atoms with E-state index in [1.807, 2.05) is 11.9 Å². The van der Waals surface area contributed by atoms with Gasteiger partial charge in [0, 0.05) is 26.2 Å². The van der Waals surface area contributed by atoms with Crippen LogP contribution >= 0.6 is 0 Å². The summed E-state index contributed by atoms with van der Waals surface area (Å²) in [6.45, 7) is 2.66. The van der Waals surface area contributed by atoms with Crippen LogP contribution in [0, 0.1) is 0 Å². The molecule has 0 atom stereocenters. The van der Waals surface area contributed by atoms with Crippen molar-refractivity contribution >= 4 is 5.82 Å². The fourth-order valence-electron chi connectivity index (χ4n) is 2.93. The van der Waals surface area contributed by atoms with E-state index in [1.54, 1.807) is 0 Å². The molecule has 0 bridgehead atoms. The third-order valence-corrected chi connectivity index (χ3v) is 4.40. The van der Waals surface area contributed by atoms with Crippen molar-refractivity contribution in [2.45, 2.75) is 18.9 Å². The summed E-state index contributed by atoms with van der Waals surface area (Å²) in [5.41, 5.74) is -2.82. The SMILES string of the molecule is CN1CCN(c2cnnn2Cc2cc(C(F)(F)F)cc(C(F)(F)F)c2)CC1. The molecule has 148 valence electrons. The zero-order valence-electron chi connectivity index (χ0n) is 14.3. The van der Waals surface area contributed by atoms with Crippen LogP contribution in [-0.4, -0.2) is 53.1 Å². The number of hydrogen-bond acceptors (Lipinski definition) is 4. The maximum absolute atomic E-state index is 13.0. The van der Waals surface area contributed by atoms with Crippen molar-refractivity contribution in [1.82, 2.24) is 19.9 Å². The summed E-state index contributed by atoms with van der Waals surface area (Å²) in [6, 6.07) is 1.54. The fraction of sp³-hybridized carbons (Fsp3) is 0.500. The van der Waals surface area contributed by atoms with Gasteiger partial charge in [0.1, 0.15) is 5.82 Å². The van der Waals surface area contributed by atoms with Crippen LogP contribution in [-0.2, 0) is 18.9 Å². The number of rotatable bonds is 3. The minimum atomic E-state index is -4.88. The van der Waals surface area contributed by atoms with Crippen molar-refractivity contribution in [2.75, 3.05) is 38.1 Å². The van der Waals surface area contributed by atoms with E-state index in [0.717, 1.165) is 13.1 Å². The molecular weight excluding hydrogens is 376 g/mol. The molecule has 0 N–H and O–H groups in total. The lowest BCUT2D eigenvalue weighted by Gasteiger charge is -2.33. The third kappa shape index (κ3) is 4.52. The molecule has 0 aliphatic carbocycles. The summed E-state index contributed by atoms with van der Waals surface area (Å²) in [5.74, 6) is 0.564. The highest BCUT2D eigenvalue weighted by Crippen LogP contribution is 2.36. The molecule has 0 spiro atoms. The van der Waals surface area contributed by atoms with Gasteiger partial charge in [0.15, 0.2) is 0 Å². The van der Waals surface area contributed by atoms with Crippen LogP contribution in [0.3, 0.4) is 0 Å². The van der Waals surface area contributed by atoms with Crippen LogP contribution in [0.2, 0.25) is 0 Å². The van der Waals surface area contributed by atoms with Crippen LogP contribution in [0.5, 0.6) is 0 Å². The topological polar surface area (TPSA) is 37.2 Å². The van der Waals surface area contributed by atoms with E-state index in [9.17, 15) is 26.3 Å². The largest absolute Gasteiger partial charge is 0.416 e. The van der Waals surface area contributed by atoms with Crippen LogP contribution in [0.4, 0.5) is 32.2 Å². The van der Waals surface area contributed by atoms with E-state index in [-0.39, 0.29) is 18.2 Å². The molecule has 0 radical (unpaired) electrons. The molecule has 11 heteroatoms. The minimum absolute atomic E-state index is 0.117. The van der Waals surface area contributed by atoms with Gasteiger partial charge in [0.05, 0.1) is 23.9 Å². The van der Waals surface area contributed by atoms with E-state index < -0.39 is 23.5 Å². The highest BCUT2D eigenvalue weighted by atomic mass is 19.4. The number of likely N-dealkylation sites (N-methyl/N-ethyl adjacent to an activating group) is 1. The summed E-state index contributed by atoms with van der Waals surface area (Å²) in [7, 11) is 1.97. The summed E-state index contributed by atoms with van der Waals surface area (Å²) in [5, 5.41) is 7.61. The highest BCUT2D eigenvalue weighted by molar-refractivity contribution is 5.39. The zero-order valence-corrected chi connectivity index (χ0v) is 14.3. The second-order valence-corrected chi connectivity index (χ2v) is 6.45. The lowest BCUT2D eigenvalue weighted by atomic mass is 10.0. The Morgan fingerprint density at radius 2 is 1.44 bits per heavy atom. The molecule has 0 unspecified atom stereocenters. The monoisotopic (exact) mass is 393 g/mol. The van der Waals surface area contributed by atoms with E-state index in [1.165, 1.54) is 10.9 Å². The first kappa shape index (κ1) is 19.5. The molecule has 0 saturated carbocycles. The Hall–Kier alpha value is -2.30. The predicted molar refractivity (Wildman–Crippen MR) is 85.3 cm³/mol. The minimum Gasteiger partial charge on any atom is -0.353 e. The second-order valence-electron chi connectivity index (χ2n) is 6.45. The molecule has 1 aromatic carbocycles. The first-order valence-corrected chi connectivity index (χ1v) is 8.14. The Balaban J connectivity index is 1.91. The summed E-state index contributed by atoms with van der Waals surface area (Å²) >= 11 is 0. The number of nitrogens with zero attached hydrogens (tertiary/aromatic N) is 5. The average Bonchev–Trinajstić information content (AvgIpc) is 3.02. The predicted octanol–water partition coefficient (Wildman–Crippen LogP) is 3.12. The first-order valence-electron chi connectivity index (χ1n) is 8.14. The lowest BCUT2D eigenvalue weighted by molar-refractivity contribution is -0.143. The Bertz CT molecular complexity index is 757. The van der Waals surface area contributed by atoms with Crippen LogP contribution in [0.15, 0.2) is 24.4 Å². The van der Waals surface area contributed by atoms with Gasteiger partial charge in [0.2, 0.25) is 0 Å². The normalized spacial score (nSPS) is 16.8. The average molecular weight is 393 g/mol. The van der Waals surface area contributed by atoms with Crippen LogP contribution in [0.1, 0.15) is 16.7 Å². The van der Waals surface area contributed by atoms with Crippen molar-refractivity contribution < 1.29 is 26.3 Å². The van der Waals surface area contributed by atoms with Crippen LogP contribution in [0.25, 0.3) is 0 Å². The number of benzene rings is 1. The van der Waals surface area contributed by atoms with E-state index >= 15 is 0 Å². The molecule has 1 aliphatic heterocycles. The molecule has 1 aromatic heterocycles. The smallest absolute Gasteiger partial charge is 0.353 e. The van der Waals surface area contributed by atoms with Gasteiger partial charge in [0.25, 0.3) is 0 Å². The highest BCUT2D eigenvalue weighted by Gasteiger charge is 2.37. The number of halogens is 6. The van der Waals surface area contributed by atoms with Gasteiger partial charge in [-0.1, -0.05) is 5.21 Å². The van der Waals surface area contributed by atoms with Crippen molar-refractivity contribution in [2.24, 2.45) is 0 Å². The maximum Gasteiger partial charge on any atom is 0.416 e. The molecular formula is C16H17F6N5. The summed E-state index contributed by atoms with van der Waals surface area (Å²) in [4.78, 5) is 4.07. The molecule has 27 heavy (non-hydrogen) atoms. The van der Waals surface area contributed by atoms with Gasteiger partial charge >= 0.3 is 12.4 Å². The number of piperazine rings is 1. The number of aromatic nitrogens is 3. The second kappa shape index (κ2) is 7.02. The van der Waals surface area contributed by atoms with Crippen LogP contribution < -0.4 is 4.90 Å². The number of hydrogen-bond donors (Lipinski definition) is 0. The summed E-state index contributed by atoms with van der Waals surface area (Å²) < 4.78 is 79.4. The van der Waals surface area contributed by atoms with E-state index in [2.05, 4.69) is 15.2 Å². The molecule has 1 fully saturated rings. The summed E-state index contributed by atoms with van der Waals surface area (Å²) in [6.07, 6.45) is -8.29. The number of anilines is 1. The molecule has 2 aromatic rings. The number of alkyl halides is 6. The first-order chi connectivity index (χ1) is 12.5. The van der Waals surface area contributed by atoms with Gasteiger partial charge in [-0.05, 0) is 30.8 Å². The lowest BCUT2D eigenvalue weighted by Crippen LogP contribution is -2.45. The van der Waals surface area contributed by atoms with Gasteiger partial charge in [-0.15, -0.1) is 5.10 Å².